The number of aromatic hydroxyl groups is 1. The van der Waals surface area contributed by atoms with Crippen LogP contribution in [-0.2, 0) is 0 Å². The van der Waals surface area contributed by atoms with Crippen LogP contribution in [0.4, 0.5) is 0 Å². The van der Waals surface area contributed by atoms with Crippen LogP contribution in [0.25, 0.3) is 0 Å². The molecular weight excluding hydrogens is 236 g/mol. The number of aromatic nitrogens is 2. The van der Waals surface area contributed by atoms with Gasteiger partial charge in [-0.05, 0) is 12.1 Å². The summed E-state index contributed by atoms with van der Waals surface area (Å²) in [5, 5.41) is 9.29. The number of nitrogens with one attached hydrogen (secondary N) is 1. The molecule has 18 heavy (non-hydrogen) atoms. The summed E-state index contributed by atoms with van der Waals surface area (Å²) in [7, 11) is 0. The molecule has 6 nitrogen and oxygen atoms in total. The summed E-state index contributed by atoms with van der Waals surface area (Å²) >= 11 is 0. The van der Waals surface area contributed by atoms with Gasteiger partial charge in [0.1, 0.15) is 6.61 Å². The van der Waals surface area contributed by atoms with Crippen LogP contribution in [0, 0.1) is 0 Å². The van der Waals surface area contributed by atoms with E-state index in [0.29, 0.717) is 11.5 Å². The largest absolute Gasteiger partial charge is 0.493 e. The fourth-order valence-electron chi connectivity index (χ4n) is 1.77. The van der Waals surface area contributed by atoms with E-state index >= 15 is 0 Å². The fraction of sp³-hybridized carbons (Fsp3) is 0.167. The molecule has 2 aromatic rings. The van der Waals surface area contributed by atoms with Gasteiger partial charge in [-0.1, -0.05) is 12.1 Å². The molecule has 0 fully saturated rings. The first-order valence-electron chi connectivity index (χ1n) is 5.41. The van der Waals surface area contributed by atoms with Crippen LogP contribution < -0.4 is 15.0 Å². The van der Waals surface area contributed by atoms with Crippen LogP contribution >= 0.6 is 0 Å². The number of H-pyrrole nitrogens is 1. The summed E-state index contributed by atoms with van der Waals surface area (Å²) < 4.78 is 11.2. The highest BCUT2D eigenvalue weighted by atomic mass is 16.6. The zero-order chi connectivity index (χ0) is 12.5. The van der Waals surface area contributed by atoms with E-state index in [2.05, 4.69) is 9.97 Å². The summed E-state index contributed by atoms with van der Waals surface area (Å²) in [4.78, 5) is 17.6. The molecule has 1 aliphatic rings. The number of hydrogen-bond donors (Lipinski definition) is 2. The molecule has 3 rings (SSSR count). The molecule has 0 saturated carbocycles. The summed E-state index contributed by atoms with van der Waals surface area (Å²) in [6, 6.07) is 8.23. The Morgan fingerprint density at radius 2 is 2.11 bits per heavy atom. The van der Waals surface area contributed by atoms with Crippen molar-refractivity contribution in [2.75, 3.05) is 6.61 Å². The smallest absolute Gasteiger partial charge is 0.254 e. The van der Waals surface area contributed by atoms with E-state index < -0.39 is 11.7 Å². The lowest BCUT2D eigenvalue weighted by molar-refractivity contribution is 0.0843. The number of para-hydroxylation sites is 2. The molecule has 0 spiro atoms. The van der Waals surface area contributed by atoms with E-state index in [1.165, 1.54) is 0 Å². The van der Waals surface area contributed by atoms with Gasteiger partial charge in [0, 0.05) is 0 Å². The second-order valence-electron chi connectivity index (χ2n) is 3.85. The first-order valence-corrected chi connectivity index (χ1v) is 5.41. The Balaban J connectivity index is 1.94. The van der Waals surface area contributed by atoms with Crippen LogP contribution in [0.3, 0.4) is 0 Å². The number of fused-ring (bicyclic) bond motifs is 1. The average Bonchev–Trinajstić information content (AvgIpc) is 2.37. The highest BCUT2D eigenvalue weighted by molar-refractivity contribution is 5.41. The zero-order valence-electron chi connectivity index (χ0n) is 9.29. The Bertz CT molecular complexity index is 638. The van der Waals surface area contributed by atoms with Crippen molar-refractivity contribution in [2.45, 2.75) is 6.10 Å². The summed E-state index contributed by atoms with van der Waals surface area (Å²) in [6.07, 6.45) is -0.542. The Morgan fingerprint density at radius 3 is 2.89 bits per heavy atom. The molecule has 1 unspecified atom stereocenters. The van der Waals surface area contributed by atoms with E-state index in [1.807, 2.05) is 12.1 Å². The monoisotopic (exact) mass is 246 g/mol. The SMILES string of the molecule is O=c1cc(O)nc(C2COc3ccccc3O2)[nH]1. The quantitative estimate of drug-likeness (QED) is 0.783. The van der Waals surface area contributed by atoms with E-state index in [4.69, 9.17) is 9.47 Å². The Morgan fingerprint density at radius 1 is 1.33 bits per heavy atom. The molecule has 0 aliphatic carbocycles. The van der Waals surface area contributed by atoms with Gasteiger partial charge in [0.05, 0.1) is 6.07 Å². The van der Waals surface area contributed by atoms with Gasteiger partial charge in [0.15, 0.2) is 23.4 Å². The second-order valence-corrected chi connectivity index (χ2v) is 3.85. The molecule has 2 heterocycles. The molecule has 0 bridgehead atoms. The average molecular weight is 246 g/mol. The number of nitrogens with zero attached hydrogens (tertiary/aromatic N) is 1. The zero-order valence-corrected chi connectivity index (χ0v) is 9.29. The molecule has 6 heteroatoms. The molecule has 1 atom stereocenters. The number of aromatic amines is 1. The van der Waals surface area contributed by atoms with Crippen LogP contribution in [0.5, 0.6) is 17.4 Å². The molecular formula is C12H10N2O4. The molecule has 0 saturated heterocycles. The summed E-state index contributed by atoms with van der Waals surface area (Å²) in [5.41, 5.74) is -0.431. The van der Waals surface area contributed by atoms with E-state index in [9.17, 15) is 9.90 Å². The second kappa shape index (κ2) is 4.06. The minimum absolute atomic E-state index is 0.226. The molecule has 1 aromatic heterocycles. The van der Waals surface area contributed by atoms with E-state index in [0.717, 1.165) is 6.07 Å². The van der Waals surface area contributed by atoms with Gasteiger partial charge < -0.3 is 19.6 Å². The Labute approximate surface area is 102 Å². The maximum atomic E-state index is 11.2. The number of rotatable bonds is 1. The molecule has 0 amide bonds. The van der Waals surface area contributed by atoms with Crippen LogP contribution in [0.15, 0.2) is 35.1 Å². The minimum Gasteiger partial charge on any atom is -0.493 e. The van der Waals surface area contributed by atoms with Crippen molar-refractivity contribution in [2.24, 2.45) is 0 Å². The summed E-state index contributed by atoms with van der Waals surface area (Å²) in [6.45, 7) is 0.226. The predicted octanol–water partition coefficient (Wildman–Crippen LogP) is 0.988. The van der Waals surface area contributed by atoms with Gasteiger partial charge in [0.2, 0.25) is 5.88 Å². The van der Waals surface area contributed by atoms with Crippen LogP contribution in [0.1, 0.15) is 11.9 Å². The Kier molecular flexibility index (Phi) is 2.40. The fourth-order valence-corrected chi connectivity index (χ4v) is 1.77. The topological polar surface area (TPSA) is 84.4 Å². The van der Waals surface area contributed by atoms with Crippen molar-refractivity contribution in [1.29, 1.82) is 0 Å². The predicted molar refractivity (Wildman–Crippen MR) is 61.8 cm³/mol. The third-order valence-electron chi connectivity index (χ3n) is 2.56. The molecule has 1 aromatic carbocycles. The van der Waals surface area contributed by atoms with Gasteiger partial charge in [-0.2, -0.15) is 4.98 Å². The van der Waals surface area contributed by atoms with Crippen molar-refractivity contribution in [1.82, 2.24) is 9.97 Å². The standard InChI is InChI=1S/C12H10N2O4/c15-10-5-11(16)14-12(13-10)9-6-17-7-3-1-2-4-8(7)18-9/h1-5,9H,6H2,(H2,13,14,15,16). The molecule has 0 radical (unpaired) electrons. The molecule has 92 valence electrons. The lowest BCUT2D eigenvalue weighted by Gasteiger charge is -2.25. The highest BCUT2D eigenvalue weighted by Crippen LogP contribution is 2.34. The number of ether oxygens (including phenoxy) is 2. The minimum atomic E-state index is -0.542. The third-order valence-corrected chi connectivity index (χ3v) is 2.56. The van der Waals surface area contributed by atoms with Crippen LogP contribution in [0.2, 0.25) is 0 Å². The summed E-state index contributed by atoms with van der Waals surface area (Å²) in [5.74, 6) is 1.14. The van der Waals surface area contributed by atoms with E-state index in [1.54, 1.807) is 12.1 Å². The lowest BCUT2D eigenvalue weighted by Crippen LogP contribution is -2.25. The first-order chi connectivity index (χ1) is 8.72. The van der Waals surface area contributed by atoms with Gasteiger partial charge in [-0.15, -0.1) is 0 Å². The third kappa shape index (κ3) is 1.88. The van der Waals surface area contributed by atoms with Crippen LogP contribution in [-0.4, -0.2) is 21.7 Å². The lowest BCUT2D eigenvalue weighted by atomic mass is 10.2. The van der Waals surface area contributed by atoms with Crippen molar-refractivity contribution in [3.05, 3.63) is 46.5 Å². The van der Waals surface area contributed by atoms with Gasteiger partial charge >= 0.3 is 0 Å². The van der Waals surface area contributed by atoms with Crippen molar-refractivity contribution >= 4 is 0 Å². The first kappa shape index (κ1) is 10.6. The van der Waals surface area contributed by atoms with E-state index in [-0.39, 0.29) is 18.3 Å². The number of benzene rings is 1. The van der Waals surface area contributed by atoms with Crippen molar-refractivity contribution in [3.8, 4) is 17.4 Å². The maximum absolute atomic E-state index is 11.2. The molecule has 2 N–H and O–H groups in total. The molecule has 1 aliphatic heterocycles. The van der Waals surface area contributed by atoms with Gasteiger partial charge in [-0.25, -0.2) is 0 Å². The number of hydrogen-bond acceptors (Lipinski definition) is 5. The van der Waals surface area contributed by atoms with Crippen molar-refractivity contribution in [3.63, 3.8) is 0 Å². The normalized spacial score (nSPS) is 17.4. The van der Waals surface area contributed by atoms with Gasteiger partial charge in [0.25, 0.3) is 5.56 Å². The van der Waals surface area contributed by atoms with Gasteiger partial charge in [-0.3, -0.25) is 4.79 Å². The Hall–Kier alpha value is -2.50. The maximum Gasteiger partial charge on any atom is 0.254 e. The van der Waals surface area contributed by atoms with Crippen molar-refractivity contribution < 1.29 is 14.6 Å². The highest BCUT2D eigenvalue weighted by Gasteiger charge is 2.24.